The van der Waals surface area contributed by atoms with E-state index in [0.29, 0.717) is 10.1 Å². The van der Waals surface area contributed by atoms with Gasteiger partial charge in [0.05, 0.1) is 5.69 Å². The van der Waals surface area contributed by atoms with Gasteiger partial charge in [-0.1, -0.05) is 23.7 Å². The van der Waals surface area contributed by atoms with Gasteiger partial charge in [-0.15, -0.1) is 0 Å². The van der Waals surface area contributed by atoms with Crippen LogP contribution in [0.15, 0.2) is 35.3 Å². The zero-order chi connectivity index (χ0) is 12.3. The Morgan fingerprint density at radius 3 is 2.94 bits per heavy atom. The summed E-state index contributed by atoms with van der Waals surface area (Å²) in [5.41, 5.74) is 1.66. The van der Waals surface area contributed by atoms with Crippen molar-refractivity contribution in [2.75, 3.05) is 0 Å². The van der Waals surface area contributed by atoms with E-state index in [1.54, 1.807) is 18.2 Å². The molecule has 1 aliphatic rings. The molecular weight excluding hydrogens is 258 g/mol. The van der Waals surface area contributed by atoms with Gasteiger partial charge < -0.3 is 4.55 Å². The topological polar surface area (TPSA) is 53.0 Å². The van der Waals surface area contributed by atoms with E-state index in [4.69, 9.17) is 11.6 Å². The second-order valence-corrected chi connectivity index (χ2v) is 5.08. The van der Waals surface area contributed by atoms with Crippen molar-refractivity contribution >= 4 is 28.3 Å². The number of halogens is 1. The lowest BCUT2D eigenvalue weighted by Crippen LogP contribution is -1.93. The summed E-state index contributed by atoms with van der Waals surface area (Å²) in [5, 5.41) is 0.418. The fourth-order valence-electron chi connectivity index (χ4n) is 1.74. The molecule has 0 fully saturated rings. The highest BCUT2D eigenvalue weighted by Crippen LogP contribution is 2.26. The van der Waals surface area contributed by atoms with Crippen LogP contribution in [0, 0.1) is 0 Å². The van der Waals surface area contributed by atoms with Crippen molar-refractivity contribution in [1.82, 2.24) is 4.98 Å². The minimum Gasteiger partial charge on any atom is -0.768 e. The van der Waals surface area contributed by atoms with Crippen LogP contribution in [-0.2, 0) is 11.1 Å². The van der Waals surface area contributed by atoms with Crippen LogP contribution in [0.4, 0.5) is 0 Å². The van der Waals surface area contributed by atoms with Gasteiger partial charge in [0, 0.05) is 4.91 Å². The number of nitrogens with zero attached hydrogens (tertiary/aromatic N) is 1. The van der Waals surface area contributed by atoms with Gasteiger partial charge in [0.1, 0.15) is 5.15 Å². The zero-order valence-electron chi connectivity index (χ0n) is 9.06. The van der Waals surface area contributed by atoms with Gasteiger partial charge in [-0.05, 0) is 54.1 Å². The highest BCUT2D eigenvalue weighted by atomic mass is 35.5. The summed E-state index contributed by atoms with van der Waals surface area (Å²) in [5.74, 6) is 0. The first kappa shape index (κ1) is 12.5. The van der Waals surface area contributed by atoms with Gasteiger partial charge in [-0.3, -0.25) is 4.21 Å². The van der Waals surface area contributed by atoms with Crippen molar-refractivity contribution in [3.63, 3.8) is 0 Å². The van der Waals surface area contributed by atoms with Crippen LogP contribution < -0.4 is 0 Å². The molecule has 3 nitrogen and oxygen atoms in total. The Bertz CT molecular complexity index is 511. The summed E-state index contributed by atoms with van der Waals surface area (Å²) in [6.07, 6.45) is 5.91. The van der Waals surface area contributed by atoms with E-state index in [1.165, 1.54) is 0 Å². The molecule has 0 saturated carbocycles. The SMILES string of the molecule is O=S([O-])C1=CCCCC(c2cccc(Cl)n2)=C1. The van der Waals surface area contributed by atoms with Crippen LogP contribution in [0.3, 0.4) is 0 Å². The Hall–Kier alpha value is -0.970. The van der Waals surface area contributed by atoms with Gasteiger partial charge in [0.15, 0.2) is 0 Å². The van der Waals surface area contributed by atoms with Crippen LogP contribution in [-0.4, -0.2) is 13.7 Å². The van der Waals surface area contributed by atoms with Gasteiger partial charge in [0.2, 0.25) is 0 Å². The molecule has 1 heterocycles. The third kappa shape index (κ3) is 3.25. The lowest BCUT2D eigenvalue weighted by molar-refractivity contribution is 0.544. The maximum Gasteiger partial charge on any atom is 0.129 e. The largest absolute Gasteiger partial charge is 0.768 e. The summed E-state index contributed by atoms with van der Waals surface area (Å²) < 4.78 is 22.0. The average molecular weight is 269 g/mol. The first-order chi connectivity index (χ1) is 8.16. The van der Waals surface area contributed by atoms with Crippen molar-refractivity contribution in [2.45, 2.75) is 19.3 Å². The Kier molecular flexibility index (Phi) is 4.10. The molecule has 5 heteroatoms. The van der Waals surface area contributed by atoms with E-state index in [0.717, 1.165) is 30.5 Å². The highest BCUT2D eigenvalue weighted by Gasteiger charge is 2.08. The van der Waals surface area contributed by atoms with Crippen molar-refractivity contribution < 1.29 is 8.76 Å². The second-order valence-electron chi connectivity index (χ2n) is 3.75. The van der Waals surface area contributed by atoms with E-state index in [-0.39, 0.29) is 0 Å². The first-order valence-corrected chi connectivity index (χ1v) is 6.75. The Labute approximate surface area is 108 Å². The molecule has 90 valence electrons. The quantitative estimate of drug-likeness (QED) is 0.612. The molecule has 0 saturated heterocycles. The van der Waals surface area contributed by atoms with Crippen LogP contribution in [0.5, 0.6) is 0 Å². The molecule has 0 aromatic carbocycles. The summed E-state index contributed by atoms with van der Waals surface area (Å²) in [6, 6.07) is 5.35. The summed E-state index contributed by atoms with van der Waals surface area (Å²) in [6.45, 7) is 0. The van der Waals surface area contributed by atoms with Crippen LogP contribution in [0.2, 0.25) is 5.15 Å². The smallest absolute Gasteiger partial charge is 0.129 e. The van der Waals surface area contributed by atoms with E-state index in [1.807, 2.05) is 12.1 Å². The predicted molar refractivity (Wildman–Crippen MR) is 68.1 cm³/mol. The number of aromatic nitrogens is 1. The van der Waals surface area contributed by atoms with Crippen LogP contribution in [0.1, 0.15) is 25.0 Å². The maximum atomic E-state index is 11.0. The first-order valence-electron chi connectivity index (χ1n) is 5.30. The van der Waals surface area contributed by atoms with E-state index < -0.39 is 11.1 Å². The standard InChI is InChI=1S/C12H12ClNO2S/c13-12-7-3-6-11(14-12)9-4-1-2-5-10(8-9)17(15)16/h3,5-8H,1-2,4H2,(H,15,16)/p-1. The van der Waals surface area contributed by atoms with Crippen LogP contribution in [0.25, 0.3) is 5.57 Å². The third-order valence-corrected chi connectivity index (χ3v) is 3.43. The van der Waals surface area contributed by atoms with Crippen molar-refractivity contribution in [2.24, 2.45) is 0 Å². The van der Waals surface area contributed by atoms with Crippen molar-refractivity contribution in [1.29, 1.82) is 0 Å². The molecule has 1 atom stereocenters. The molecule has 1 aromatic heterocycles. The Morgan fingerprint density at radius 1 is 1.41 bits per heavy atom. The van der Waals surface area contributed by atoms with E-state index in [9.17, 15) is 8.76 Å². The lowest BCUT2D eigenvalue weighted by atomic mass is 10.1. The minimum absolute atomic E-state index is 0.333. The molecule has 0 radical (unpaired) electrons. The molecule has 2 rings (SSSR count). The van der Waals surface area contributed by atoms with E-state index in [2.05, 4.69) is 4.98 Å². The number of allylic oxidation sites excluding steroid dienone is 3. The molecule has 1 unspecified atom stereocenters. The van der Waals surface area contributed by atoms with Crippen LogP contribution >= 0.6 is 11.6 Å². The average Bonchev–Trinajstić information content (AvgIpc) is 2.54. The minimum atomic E-state index is -2.19. The molecule has 0 spiro atoms. The molecule has 1 aliphatic carbocycles. The number of hydrogen-bond donors (Lipinski definition) is 0. The Balaban J connectivity index is 2.37. The zero-order valence-corrected chi connectivity index (χ0v) is 10.6. The predicted octanol–water partition coefficient (Wildman–Crippen LogP) is 3.07. The fourth-order valence-corrected chi connectivity index (χ4v) is 2.40. The summed E-state index contributed by atoms with van der Waals surface area (Å²) in [7, 11) is 0. The van der Waals surface area contributed by atoms with Gasteiger partial charge >= 0.3 is 0 Å². The summed E-state index contributed by atoms with van der Waals surface area (Å²) in [4.78, 5) is 4.53. The lowest BCUT2D eigenvalue weighted by Gasteiger charge is -2.08. The molecule has 0 bridgehead atoms. The molecule has 0 N–H and O–H groups in total. The van der Waals surface area contributed by atoms with Gasteiger partial charge in [-0.25, -0.2) is 4.98 Å². The van der Waals surface area contributed by atoms with Gasteiger partial charge in [-0.2, -0.15) is 0 Å². The molecule has 17 heavy (non-hydrogen) atoms. The van der Waals surface area contributed by atoms with Crippen molar-refractivity contribution in [3.05, 3.63) is 46.1 Å². The van der Waals surface area contributed by atoms with Gasteiger partial charge in [0.25, 0.3) is 0 Å². The Morgan fingerprint density at radius 2 is 2.24 bits per heavy atom. The third-order valence-electron chi connectivity index (χ3n) is 2.55. The maximum absolute atomic E-state index is 11.0. The normalized spacial score (nSPS) is 18.0. The monoisotopic (exact) mass is 268 g/mol. The van der Waals surface area contributed by atoms with E-state index >= 15 is 0 Å². The number of rotatable bonds is 2. The van der Waals surface area contributed by atoms with Crippen molar-refractivity contribution in [3.8, 4) is 0 Å². The highest BCUT2D eigenvalue weighted by molar-refractivity contribution is 7.83. The second kappa shape index (κ2) is 5.58. The molecule has 0 amide bonds. The number of hydrogen-bond acceptors (Lipinski definition) is 3. The molecule has 0 aliphatic heterocycles. The number of pyridine rings is 1. The molecular formula is C12H11ClNO2S-. The summed E-state index contributed by atoms with van der Waals surface area (Å²) >= 11 is 3.64. The molecule has 1 aromatic rings. The fraction of sp³-hybridized carbons (Fsp3) is 0.250.